The molecule has 2 heterocycles. The molecule has 0 aromatic heterocycles. The maximum atomic E-state index is 10.5. The van der Waals surface area contributed by atoms with E-state index < -0.39 is 6.10 Å². The van der Waals surface area contributed by atoms with E-state index >= 15 is 0 Å². The minimum absolute atomic E-state index is 0. The Morgan fingerprint density at radius 1 is 1.32 bits per heavy atom. The van der Waals surface area contributed by atoms with Crippen molar-refractivity contribution in [3.63, 3.8) is 0 Å². The summed E-state index contributed by atoms with van der Waals surface area (Å²) < 4.78 is 6.14. The summed E-state index contributed by atoms with van der Waals surface area (Å²) >= 11 is 0. The van der Waals surface area contributed by atoms with Crippen LogP contribution in [-0.2, 0) is 4.74 Å². The van der Waals surface area contributed by atoms with Crippen molar-refractivity contribution in [2.24, 2.45) is 11.3 Å². The van der Waals surface area contributed by atoms with Crippen molar-refractivity contribution in [2.75, 3.05) is 13.6 Å². The number of nitrogens with zero attached hydrogens (tertiary/aromatic N) is 1. The smallest absolute Gasteiger partial charge is 0.161 e. The van der Waals surface area contributed by atoms with Crippen LogP contribution >= 0.6 is 0 Å². The van der Waals surface area contributed by atoms with Gasteiger partial charge in [0.05, 0.1) is 0 Å². The number of likely N-dealkylation sites (tertiary alicyclic amines) is 1. The van der Waals surface area contributed by atoms with Crippen LogP contribution in [0.25, 0.3) is 0 Å². The highest BCUT2D eigenvalue weighted by molar-refractivity contribution is 5.52. The standard InChI is InChI=1S/C17H21NO3.H2O/c1-18-7-6-17-10-3-5-13(20)16(17)21-15-12(19)4-2-9(14(15)17)8-11(10)18;/h3,5,10-11,13,16,19-20H,2,4,6-8H2,1H3;1H2/t10-,11+,13-,16-,17-;/m0./s1. The third kappa shape index (κ3) is 1.40. The van der Waals surface area contributed by atoms with Gasteiger partial charge in [-0.3, -0.25) is 0 Å². The molecule has 5 rings (SSSR count). The lowest BCUT2D eigenvalue weighted by Gasteiger charge is -2.56. The summed E-state index contributed by atoms with van der Waals surface area (Å²) in [5, 5.41) is 20.8. The molecule has 120 valence electrons. The van der Waals surface area contributed by atoms with Crippen LogP contribution in [-0.4, -0.2) is 52.4 Å². The van der Waals surface area contributed by atoms with Gasteiger partial charge in [0.1, 0.15) is 18.0 Å². The molecule has 1 spiro atoms. The topological polar surface area (TPSA) is 84.4 Å². The Balaban J connectivity index is 0.00000125. The van der Waals surface area contributed by atoms with Crippen molar-refractivity contribution in [3.05, 3.63) is 34.8 Å². The van der Waals surface area contributed by atoms with Crippen molar-refractivity contribution in [2.45, 2.75) is 43.9 Å². The second kappa shape index (κ2) is 4.37. The van der Waals surface area contributed by atoms with Crippen LogP contribution in [0.2, 0.25) is 0 Å². The molecule has 0 amide bonds. The number of ether oxygens (including phenoxy) is 1. The molecule has 3 aliphatic carbocycles. The highest BCUT2D eigenvalue weighted by atomic mass is 16.5. The summed E-state index contributed by atoms with van der Waals surface area (Å²) in [5.74, 6) is 1.49. The van der Waals surface area contributed by atoms with Gasteiger partial charge in [0.25, 0.3) is 0 Å². The molecule has 2 aliphatic heterocycles. The first-order valence-electron chi connectivity index (χ1n) is 8.01. The van der Waals surface area contributed by atoms with Crippen LogP contribution in [0, 0.1) is 11.3 Å². The van der Waals surface area contributed by atoms with Crippen LogP contribution in [0.4, 0.5) is 0 Å². The molecule has 2 saturated heterocycles. The zero-order valence-corrected chi connectivity index (χ0v) is 12.7. The minimum Gasteiger partial charge on any atom is -0.508 e. The monoisotopic (exact) mass is 305 g/mol. The number of aliphatic hydroxyl groups excluding tert-OH is 2. The van der Waals surface area contributed by atoms with E-state index in [-0.39, 0.29) is 17.0 Å². The van der Waals surface area contributed by atoms with E-state index in [2.05, 4.69) is 18.0 Å². The van der Waals surface area contributed by atoms with Crippen molar-refractivity contribution >= 4 is 0 Å². The lowest BCUT2D eigenvalue weighted by molar-refractivity contribution is -0.0798. The van der Waals surface area contributed by atoms with Crippen molar-refractivity contribution in [1.29, 1.82) is 0 Å². The van der Waals surface area contributed by atoms with E-state index in [9.17, 15) is 10.2 Å². The number of hydrogen-bond donors (Lipinski definition) is 2. The Morgan fingerprint density at radius 3 is 2.95 bits per heavy atom. The Morgan fingerprint density at radius 2 is 2.14 bits per heavy atom. The first-order chi connectivity index (χ1) is 10.1. The molecule has 5 nitrogen and oxygen atoms in total. The van der Waals surface area contributed by atoms with Crippen LogP contribution < -0.4 is 0 Å². The van der Waals surface area contributed by atoms with Crippen LogP contribution in [0.5, 0.6) is 0 Å². The second-order valence-corrected chi connectivity index (χ2v) is 7.24. The summed E-state index contributed by atoms with van der Waals surface area (Å²) in [6.07, 6.45) is 7.04. The molecule has 5 aliphatic rings. The van der Waals surface area contributed by atoms with Gasteiger partial charge < -0.3 is 25.3 Å². The fourth-order valence-corrected chi connectivity index (χ4v) is 5.54. The average molecular weight is 305 g/mol. The third-order valence-corrected chi connectivity index (χ3v) is 6.46. The molecule has 4 N–H and O–H groups in total. The van der Waals surface area contributed by atoms with Crippen molar-refractivity contribution in [3.8, 4) is 0 Å². The Bertz CT molecular complexity index is 622. The first kappa shape index (κ1) is 14.3. The van der Waals surface area contributed by atoms with Crippen molar-refractivity contribution in [1.82, 2.24) is 4.90 Å². The van der Waals surface area contributed by atoms with Crippen LogP contribution in [0.1, 0.15) is 25.7 Å². The molecule has 0 radical (unpaired) electrons. The normalized spacial score (nSPS) is 45.4. The van der Waals surface area contributed by atoms with Gasteiger partial charge in [0.15, 0.2) is 5.76 Å². The van der Waals surface area contributed by atoms with Gasteiger partial charge in [0.2, 0.25) is 0 Å². The molecular weight excluding hydrogens is 282 g/mol. The van der Waals surface area contributed by atoms with Gasteiger partial charge in [-0.1, -0.05) is 17.7 Å². The predicted molar refractivity (Wildman–Crippen MR) is 81.1 cm³/mol. The Hall–Kier alpha value is -1.30. The molecule has 0 unspecified atom stereocenters. The van der Waals surface area contributed by atoms with Crippen molar-refractivity contribution < 1.29 is 20.4 Å². The van der Waals surface area contributed by atoms with Crippen LogP contribution in [0.3, 0.4) is 0 Å². The van der Waals surface area contributed by atoms with E-state index in [0.717, 1.165) is 25.8 Å². The van der Waals surface area contributed by atoms with E-state index in [1.54, 1.807) is 0 Å². The Kier molecular flexibility index (Phi) is 2.84. The zero-order valence-electron chi connectivity index (χ0n) is 12.7. The molecule has 0 aromatic carbocycles. The van der Waals surface area contributed by atoms with E-state index in [1.807, 2.05) is 6.08 Å². The highest BCUT2D eigenvalue weighted by Crippen LogP contribution is 2.65. The minimum atomic E-state index is -0.567. The molecule has 5 heteroatoms. The summed E-state index contributed by atoms with van der Waals surface area (Å²) in [4.78, 5) is 2.47. The fourth-order valence-electron chi connectivity index (χ4n) is 5.54. The molecule has 22 heavy (non-hydrogen) atoms. The number of piperidine rings is 1. The SMILES string of the molecule is CN1CC[C@]23C4=C5CCC(O)=C4O[C@H]2[C@@H](O)C=C[C@H]3[C@H]1C5.O. The molecule has 0 aromatic rings. The van der Waals surface area contributed by atoms with Gasteiger partial charge >= 0.3 is 0 Å². The lowest BCUT2D eigenvalue weighted by atomic mass is 9.52. The van der Waals surface area contributed by atoms with Gasteiger partial charge in [-0.25, -0.2) is 0 Å². The summed E-state index contributed by atoms with van der Waals surface area (Å²) in [5.41, 5.74) is 2.61. The fraction of sp³-hybridized carbons (Fsp3) is 0.647. The largest absolute Gasteiger partial charge is 0.508 e. The molecule has 2 fully saturated rings. The number of hydrogen-bond acceptors (Lipinski definition) is 4. The number of rotatable bonds is 0. The van der Waals surface area contributed by atoms with Gasteiger partial charge in [-0.15, -0.1) is 0 Å². The molecular formula is C17H23NO4. The molecule has 5 atom stereocenters. The Labute approximate surface area is 129 Å². The lowest BCUT2D eigenvalue weighted by Crippen LogP contribution is -2.61. The second-order valence-electron chi connectivity index (χ2n) is 7.24. The maximum Gasteiger partial charge on any atom is 0.161 e. The predicted octanol–water partition coefficient (Wildman–Crippen LogP) is 1.06. The third-order valence-electron chi connectivity index (χ3n) is 6.46. The van der Waals surface area contributed by atoms with E-state index in [4.69, 9.17) is 4.74 Å². The summed E-state index contributed by atoms with van der Waals surface area (Å²) in [6, 6.07) is 0.506. The quantitative estimate of drug-likeness (QED) is 0.655. The average Bonchev–Trinajstić information content (AvgIpc) is 2.83. The zero-order chi connectivity index (χ0) is 14.4. The highest BCUT2D eigenvalue weighted by Gasteiger charge is 2.65. The summed E-state index contributed by atoms with van der Waals surface area (Å²) in [7, 11) is 2.21. The molecule has 2 bridgehead atoms. The number of aliphatic hydroxyl groups is 2. The van der Waals surface area contributed by atoms with E-state index in [0.29, 0.717) is 29.9 Å². The summed E-state index contributed by atoms with van der Waals surface area (Å²) in [6.45, 7) is 1.03. The van der Waals surface area contributed by atoms with E-state index in [1.165, 1.54) is 11.1 Å². The molecule has 0 saturated carbocycles. The van der Waals surface area contributed by atoms with Gasteiger partial charge in [-0.2, -0.15) is 0 Å². The van der Waals surface area contributed by atoms with Gasteiger partial charge in [0, 0.05) is 29.4 Å². The van der Waals surface area contributed by atoms with Gasteiger partial charge in [-0.05, 0) is 32.9 Å². The maximum absolute atomic E-state index is 10.5. The van der Waals surface area contributed by atoms with Crippen LogP contribution in [0.15, 0.2) is 34.8 Å². The first-order valence-corrected chi connectivity index (χ1v) is 8.01. The number of allylic oxidation sites excluding steroid dienone is 2.